The molecule has 0 saturated carbocycles. The lowest BCUT2D eigenvalue weighted by molar-refractivity contribution is 0.0432. The van der Waals surface area contributed by atoms with E-state index in [1.807, 2.05) is 55.5 Å². The van der Waals surface area contributed by atoms with Crippen LogP contribution < -0.4 is 9.47 Å². The summed E-state index contributed by atoms with van der Waals surface area (Å²) < 4.78 is 17.3. The van der Waals surface area contributed by atoms with Crippen molar-refractivity contribution in [1.29, 1.82) is 0 Å². The van der Waals surface area contributed by atoms with Gasteiger partial charge in [0.2, 0.25) is 0 Å². The number of fused-ring (bicyclic) bond motifs is 2. The van der Waals surface area contributed by atoms with E-state index in [-0.39, 0.29) is 17.6 Å². The first-order chi connectivity index (χ1) is 14.6. The van der Waals surface area contributed by atoms with Crippen LogP contribution in [0.15, 0.2) is 72.8 Å². The van der Waals surface area contributed by atoms with E-state index in [9.17, 15) is 10.2 Å². The molecule has 4 aromatic carbocycles. The Balaban J connectivity index is 1.22. The molecule has 0 aliphatic heterocycles. The zero-order valence-electron chi connectivity index (χ0n) is 16.7. The molecular formula is C25H24O5. The third-order valence-electron chi connectivity index (χ3n) is 4.78. The van der Waals surface area contributed by atoms with E-state index in [0.29, 0.717) is 19.8 Å². The minimum absolute atomic E-state index is 0.122. The second-order valence-electron chi connectivity index (χ2n) is 7.24. The first kappa shape index (κ1) is 19.9. The lowest BCUT2D eigenvalue weighted by atomic mass is 10.1. The molecule has 0 fully saturated rings. The predicted octanol–water partition coefficient (Wildman–Crippen LogP) is 5.27. The van der Waals surface area contributed by atoms with Crippen molar-refractivity contribution in [3.05, 3.63) is 72.8 Å². The van der Waals surface area contributed by atoms with Crippen molar-refractivity contribution in [1.82, 2.24) is 0 Å². The number of hydrogen-bond donors (Lipinski definition) is 2. The van der Waals surface area contributed by atoms with Crippen molar-refractivity contribution >= 4 is 21.5 Å². The van der Waals surface area contributed by atoms with Crippen LogP contribution in [0.4, 0.5) is 0 Å². The number of benzene rings is 4. The van der Waals surface area contributed by atoms with Crippen LogP contribution in [0.2, 0.25) is 0 Å². The van der Waals surface area contributed by atoms with Crippen LogP contribution in [-0.4, -0.2) is 36.1 Å². The van der Waals surface area contributed by atoms with Crippen LogP contribution in [0.5, 0.6) is 23.0 Å². The predicted molar refractivity (Wildman–Crippen MR) is 118 cm³/mol. The molecule has 0 bridgehead atoms. The Labute approximate surface area is 175 Å². The third kappa shape index (κ3) is 4.93. The Hall–Kier alpha value is -3.44. The average Bonchev–Trinajstić information content (AvgIpc) is 2.73. The number of ether oxygens (including phenoxy) is 3. The maximum atomic E-state index is 9.63. The van der Waals surface area contributed by atoms with E-state index in [2.05, 4.69) is 0 Å². The van der Waals surface area contributed by atoms with Gasteiger partial charge in [-0.1, -0.05) is 24.3 Å². The average molecular weight is 404 g/mol. The van der Waals surface area contributed by atoms with Gasteiger partial charge in [-0.25, -0.2) is 0 Å². The zero-order chi connectivity index (χ0) is 20.9. The highest BCUT2D eigenvalue weighted by molar-refractivity contribution is 5.85. The number of aromatic hydroxyl groups is 2. The Bertz CT molecular complexity index is 1150. The van der Waals surface area contributed by atoms with E-state index < -0.39 is 0 Å². The molecule has 154 valence electrons. The van der Waals surface area contributed by atoms with E-state index in [0.717, 1.165) is 33.0 Å². The van der Waals surface area contributed by atoms with Crippen molar-refractivity contribution in [2.75, 3.05) is 19.8 Å². The lowest BCUT2D eigenvalue weighted by Gasteiger charge is -2.16. The molecule has 5 heteroatoms. The molecule has 0 saturated heterocycles. The number of hydrogen-bond acceptors (Lipinski definition) is 5. The summed E-state index contributed by atoms with van der Waals surface area (Å²) in [6.45, 7) is 3.25. The minimum atomic E-state index is -0.122. The molecule has 0 aliphatic rings. The number of phenolic OH excluding ortho intramolecular Hbond substituents is 2. The fourth-order valence-electron chi connectivity index (χ4n) is 3.32. The van der Waals surface area contributed by atoms with Gasteiger partial charge in [-0.3, -0.25) is 0 Å². The SMILES string of the molecule is CC(COCCOc1ccc2ccc(O)cc2c1)Oc1ccc2ccc(O)cc2c1. The smallest absolute Gasteiger partial charge is 0.120 e. The summed E-state index contributed by atoms with van der Waals surface area (Å²) in [5.74, 6) is 1.94. The van der Waals surface area contributed by atoms with Gasteiger partial charge in [-0.05, 0) is 77.0 Å². The van der Waals surface area contributed by atoms with Gasteiger partial charge < -0.3 is 24.4 Å². The van der Waals surface area contributed by atoms with Gasteiger partial charge in [0, 0.05) is 0 Å². The summed E-state index contributed by atoms with van der Waals surface area (Å²) in [7, 11) is 0. The van der Waals surface area contributed by atoms with Gasteiger partial charge in [-0.15, -0.1) is 0 Å². The maximum absolute atomic E-state index is 9.63. The van der Waals surface area contributed by atoms with Gasteiger partial charge in [0.05, 0.1) is 13.2 Å². The molecular weight excluding hydrogens is 380 g/mol. The van der Waals surface area contributed by atoms with E-state index in [1.54, 1.807) is 24.3 Å². The van der Waals surface area contributed by atoms with E-state index in [4.69, 9.17) is 14.2 Å². The fourth-order valence-corrected chi connectivity index (χ4v) is 3.32. The van der Waals surface area contributed by atoms with Crippen molar-refractivity contribution in [2.45, 2.75) is 13.0 Å². The van der Waals surface area contributed by atoms with Gasteiger partial charge in [0.15, 0.2) is 0 Å². The van der Waals surface area contributed by atoms with Gasteiger partial charge in [0.25, 0.3) is 0 Å². The standard InChI is InChI=1S/C25H24O5/c1-17(30-25-9-5-19-3-7-23(27)13-21(19)15-25)16-28-10-11-29-24-8-4-18-2-6-22(26)12-20(18)14-24/h2-9,12-15,17,26-27H,10-11,16H2,1H3. The highest BCUT2D eigenvalue weighted by Gasteiger charge is 2.06. The monoisotopic (exact) mass is 404 g/mol. The minimum Gasteiger partial charge on any atom is -0.508 e. The topological polar surface area (TPSA) is 68.2 Å². The Morgan fingerprint density at radius 2 is 1.23 bits per heavy atom. The molecule has 2 N–H and O–H groups in total. The summed E-state index contributed by atoms with van der Waals surface area (Å²) in [5.41, 5.74) is 0. The number of rotatable bonds is 8. The molecule has 1 unspecified atom stereocenters. The van der Waals surface area contributed by atoms with Crippen molar-refractivity contribution in [3.8, 4) is 23.0 Å². The second-order valence-corrected chi connectivity index (χ2v) is 7.24. The fraction of sp³-hybridized carbons (Fsp3) is 0.200. The molecule has 0 aliphatic carbocycles. The summed E-state index contributed by atoms with van der Waals surface area (Å²) in [4.78, 5) is 0. The van der Waals surface area contributed by atoms with Gasteiger partial charge in [-0.2, -0.15) is 0 Å². The molecule has 1 atom stereocenters. The molecule has 4 rings (SSSR count). The van der Waals surface area contributed by atoms with Crippen LogP contribution >= 0.6 is 0 Å². The molecule has 0 amide bonds. The van der Waals surface area contributed by atoms with Crippen LogP contribution in [0.1, 0.15) is 6.92 Å². The van der Waals surface area contributed by atoms with E-state index >= 15 is 0 Å². The summed E-state index contributed by atoms with van der Waals surface area (Å²) >= 11 is 0. The molecule has 0 spiro atoms. The summed E-state index contributed by atoms with van der Waals surface area (Å²) in [6.07, 6.45) is -0.122. The largest absolute Gasteiger partial charge is 0.508 e. The highest BCUT2D eigenvalue weighted by atomic mass is 16.5. The quantitative estimate of drug-likeness (QED) is 0.392. The Morgan fingerprint density at radius 3 is 1.90 bits per heavy atom. The second kappa shape index (κ2) is 8.93. The van der Waals surface area contributed by atoms with E-state index in [1.165, 1.54) is 0 Å². The normalized spacial score (nSPS) is 12.2. The summed E-state index contributed by atoms with van der Waals surface area (Å²) in [6, 6.07) is 22.1. The molecule has 0 radical (unpaired) electrons. The Morgan fingerprint density at radius 1 is 0.667 bits per heavy atom. The van der Waals surface area contributed by atoms with Gasteiger partial charge in [0.1, 0.15) is 35.7 Å². The first-order valence-corrected chi connectivity index (χ1v) is 9.89. The van der Waals surface area contributed by atoms with Gasteiger partial charge >= 0.3 is 0 Å². The van der Waals surface area contributed by atoms with Crippen molar-refractivity contribution in [2.24, 2.45) is 0 Å². The van der Waals surface area contributed by atoms with Crippen molar-refractivity contribution in [3.63, 3.8) is 0 Å². The zero-order valence-corrected chi connectivity index (χ0v) is 16.7. The third-order valence-corrected chi connectivity index (χ3v) is 4.78. The molecule has 0 heterocycles. The van der Waals surface area contributed by atoms with Crippen LogP contribution in [0.3, 0.4) is 0 Å². The first-order valence-electron chi connectivity index (χ1n) is 9.89. The Kier molecular flexibility index (Phi) is 5.91. The lowest BCUT2D eigenvalue weighted by Crippen LogP contribution is -2.21. The van der Waals surface area contributed by atoms with Crippen LogP contribution in [0.25, 0.3) is 21.5 Å². The highest BCUT2D eigenvalue weighted by Crippen LogP contribution is 2.26. The van der Waals surface area contributed by atoms with Crippen molar-refractivity contribution < 1.29 is 24.4 Å². The molecule has 30 heavy (non-hydrogen) atoms. The molecule has 5 nitrogen and oxygen atoms in total. The maximum Gasteiger partial charge on any atom is 0.120 e. The molecule has 0 aromatic heterocycles. The van der Waals surface area contributed by atoms with Crippen LogP contribution in [-0.2, 0) is 4.74 Å². The van der Waals surface area contributed by atoms with Crippen LogP contribution in [0, 0.1) is 0 Å². The summed E-state index contributed by atoms with van der Waals surface area (Å²) in [5, 5.41) is 23.2. The number of phenols is 2. The molecule has 4 aromatic rings.